The normalized spacial score (nSPS) is 13.9. The Bertz CT molecular complexity index is 1140. The highest BCUT2D eigenvalue weighted by molar-refractivity contribution is 7.09. The summed E-state index contributed by atoms with van der Waals surface area (Å²) in [6.07, 6.45) is 2.06. The molecule has 0 saturated carbocycles. The summed E-state index contributed by atoms with van der Waals surface area (Å²) < 4.78 is 11.1. The molecule has 2 amide bonds. The van der Waals surface area contributed by atoms with Crippen molar-refractivity contribution >= 4 is 23.2 Å². The predicted molar refractivity (Wildman–Crippen MR) is 136 cm³/mol. The molecule has 0 unspecified atom stereocenters. The molecule has 1 aliphatic rings. The number of piperidine rings is 1. The van der Waals surface area contributed by atoms with E-state index in [1.807, 2.05) is 65.7 Å². The molecule has 7 nitrogen and oxygen atoms in total. The molecule has 1 saturated heterocycles. The smallest absolute Gasteiger partial charge is 0.227 e. The number of carbonyl (C=O) groups excluding carboxylic acids is 2. The van der Waals surface area contributed by atoms with Crippen molar-refractivity contribution in [3.05, 3.63) is 75.7 Å². The van der Waals surface area contributed by atoms with Crippen molar-refractivity contribution in [3.63, 3.8) is 0 Å². The van der Waals surface area contributed by atoms with Crippen molar-refractivity contribution in [2.24, 2.45) is 0 Å². The first-order chi connectivity index (χ1) is 17.0. The van der Waals surface area contributed by atoms with Gasteiger partial charge in [0.15, 0.2) is 0 Å². The Hall–Kier alpha value is -3.39. The lowest BCUT2D eigenvalue weighted by Crippen LogP contribution is -2.47. The van der Waals surface area contributed by atoms with Gasteiger partial charge in [-0.1, -0.05) is 35.9 Å². The highest BCUT2D eigenvalue weighted by atomic mass is 32.1. The van der Waals surface area contributed by atoms with E-state index in [2.05, 4.69) is 10.3 Å². The maximum atomic E-state index is 12.7. The zero-order valence-electron chi connectivity index (χ0n) is 20.2. The van der Waals surface area contributed by atoms with Crippen molar-refractivity contribution in [1.29, 1.82) is 0 Å². The standard InChI is InChI=1S/C27H31N3O4S/c1-19-7-9-23(10-8-19)34-17-26-29-22(18-35-26)16-25(31)28-21-11-13-30(14-12-21)27(32)15-20-5-3-4-6-24(20)33-2/h3-10,18,21H,11-17H2,1-2H3,(H,28,31). The lowest BCUT2D eigenvalue weighted by molar-refractivity contribution is -0.131. The number of carbonyl (C=O) groups is 2. The van der Waals surface area contributed by atoms with Gasteiger partial charge in [0, 0.05) is 30.1 Å². The molecule has 2 heterocycles. The quantitative estimate of drug-likeness (QED) is 0.489. The van der Waals surface area contributed by atoms with E-state index >= 15 is 0 Å². The number of thiazole rings is 1. The second kappa shape index (κ2) is 11.8. The predicted octanol–water partition coefficient (Wildman–Crippen LogP) is 3.93. The minimum Gasteiger partial charge on any atom is -0.496 e. The van der Waals surface area contributed by atoms with Crippen LogP contribution in [-0.4, -0.2) is 47.9 Å². The van der Waals surface area contributed by atoms with Gasteiger partial charge in [-0.3, -0.25) is 9.59 Å². The fourth-order valence-electron chi connectivity index (χ4n) is 4.12. The number of amides is 2. The van der Waals surface area contributed by atoms with Crippen LogP contribution in [0.5, 0.6) is 11.5 Å². The molecular formula is C27H31N3O4S. The summed E-state index contributed by atoms with van der Waals surface area (Å²) in [4.78, 5) is 31.7. The SMILES string of the molecule is COc1ccccc1CC(=O)N1CCC(NC(=O)Cc2csc(COc3ccc(C)cc3)n2)CC1. The van der Waals surface area contributed by atoms with Crippen LogP contribution in [0, 0.1) is 6.92 Å². The molecule has 1 fully saturated rings. The number of likely N-dealkylation sites (tertiary alicyclic amines) is 1. The van der Waals surface area contributed by atoms with Crippen molar-refractivity contribution in [3.8, 4) is 11.5 Å². The summed E-state index contributed by atoms with van der Waals surface area (Å²) >= 11 is 1.50. The van der Waals surface area contributed by atoms with Gasteiger partial charge in [0.25, 0.3) is 0 Å². The molecule has 2 aromatic carbocycles. The molecule has 3 aromatic rings. The zero-order valence-corrected chi connectivity index (χ0v) is 21.0. The Balaban J connectivity index is 1.19. The molecule has 4 rings (SSSR count). The van der Waals surface area contributed by atoms with Gasteiger partial charge in [-0.15, -0.1) is 11.3 Å². The molecule has 35 heavy (non-hydrogen) atoms. The van der Waals surface area contributed by atoms with Crippen LogP contribution in [0.15, 0.2) is 53.9 Å². The van der Waals surface area contributed by atoms with Crippen LogP contribution < -0.4 is 14.8 Å². The molecule has 0 bridgehead atoms. The Labute approximate surface area is 210 Å². The number of methoxy groups -OCH3 is 1. The number of benzene rings is 2. The van der Waals surface area contributed by atoms with Crippen molar-refractivity contribution in [2.45, 2.75) is 45.3 Å². The monoisotopic (exact) mass is 493 g/mol. The lowest BCUT2D eigenvalue weighted by atomic mass is 10.0. The van der Waals surface area contributed by atoms with Crippen LogP contribution in [-0.2, 0) is 29.0 Å². The maximum Gasteiger partial charge on any atom is 0.227 e. The molecular weight excluding hydrogens is 462 g/mol. The highest BCUT2D eigenvalue weighted by Crippen LogP contribution is 2.20. The average molecular weight is 494 g/mol. The zero-order chi connectivity index (χ0) is 24.6. The number of aryl methyl sites for hydroxylation is 1. The van der Waals surface area contributed by atoms with Crippen LogP contribution in [0.25, 0.3) is 0 Å². The number of para-hydroxylation sites is 1. The summed E-state index contributed by atoms with van der Waals surface area (Å²) in [5.74, 6) is 1.58. The van der Waals surface area contributed by atoms with Gasteiger partial charge in [-0.25, -0.2) is 4.98 Å². The summed E-state index contributed by atoms with van der Waals surface area (Å²) in [6, 6.07) is 15.6. The maximum absolute atomic E-state index is 12.7. The van der Waals surface area contributed by atoms with Gasteiger partial charge < -0.3 is 19.7 Å². The van der Waals surface area contributed by atoms with E-state index in [-0.39, 0.29) is 24.3 Å². The highest BCUT2D eigenvalue weighted by Gasteiger charge is 2.24. The second-order valence-electron chi connectivity index (χ2n) is 8.72. The van der Waals surface area contributed by atoms with Crippen LogP contribution >= 0.6 is 11.3 Å². The summed E-state index contributed by atoms with van der Waals surface area (Å²) in [5, 5.41) is 5.86. The van der Waals surface area contributed by atoms with E-state index in [9.17, 15) is 9.59 Å². The number of hydrogen-bond acceptors (Lipinski definition) is 6. The topological polar surface area (TPSA) is 80.8 Å². The molecule has 1 aliphatic heterocycles. The van der Waals surface area contributed by atoms with Crippen LogP contribution in [0.2, 0.25) is 0 Å². The number of nitrogens with one attached hydrogen (secondary N) is 1. The number of rotatable bonds is 9. The largest absolute Gasteiger partial charge is 0.496 e. The number of hydrogen-bond donors (Lipinski definition) is 1. The second-order valence-corrected chi connectivity index (χ2v) is 9.66. The Morgan fingerprint density at radius 3 is 2.57 bits per heavy atom. The van der Waals surface area contributed by atoms with Crippen molar-refractivity contribution in [2.75, 3.05) is 20.2 Å². The Morgan fingerprint density at radius 1 is 1.09 bits per heavy atom. The van der Waals surface area contributed by atoms with E-state index in [1.165, 1.54) is 16.9 Å². The first-order valence-electron chi connectivity index (χ1n) is 11.8. The van der Waals surface area contributed by atoms with Crippen LogP contribution in [0.1, 0.15) is 34.7 Å². The summed E-state index contributed by atoms with van der Waals surface area (Å²) in [6.45, 7) is 3.69. The summed E-state index contributed by atoms with van der Waals surface area (Å²) in [5.41, 5.74) is 2.83. The van der Waals surface area contributed by atoms with E-state index in [0.29, 0.717) is 26.1 Å². The Kier molecular flexibility index (Phi) is 8.36. The van der Waals surface area contributed by atoms with Gasteiger partial charge in [0.1, 0.15) is 23.1 Å². The minimum absolute atomic E-state index is 0.0416. The third-order valence-corrected chi connectivity index (χ3v) is 6.94. The lowest BCUT2D eigenvalue weighted by Gasteiger charge is -2.32. The number of ether oxygens (including phenoxy) is 2. The number of nitrogens with zero attached hydrogens (tertiary/aromatic N) is 2. The van der Waals surface area contributed by atoms with E-state index in [0.717, 1.165) is 40.6 Å². The van der Waals surface area contributed by atoms with Gasteiger partial charge in [-0.2, -0.15) is 0 Å². The van der Waals surface area contributed by atoms with Gasteiger partial charge in [0.05, 0.1) is 25.6 Å². The van der Waals surface area contributed by atoms with E-state index in [4.69, 9.17) is 9.47 Å². The molecule has 0 spiro atoms. The van der Waals surface area contributed by atoms with E-state index < -0.39 is 0 Å². The minimum atomic E-state index is -0.0416. The molecule has 1 aromatic heterocycles. The first-order valence-corrected chi connectivity index (χ1v) is 12.7. The van der Waals surface area contributed by atoms with Crippen LogP contribution in [0.4, 0.5) is 0 Å². The fourth-order valence-corrected chi connectivity index (χ4v) is 4.82. The number of aromatic nitrogens is 1. The Morgan fingerprint density at radius 2 is 1.83 bits per heavy atom. The average Bonchev–Trinajstić information content (AvgIpc) is 3.31. The molecule has 0 radical (unpaired) electrons. The molecule has 1 N–H and O–H groups in total. The van der Waals surface area contributed by atoms with Gasteiger partial charge >= 0.3 is 0 Å². The third-order valence-electron chi connectivity index (χ3n) is 6.07. The van der Waals surface area contributed by atoms with E-state index in [1.54, 1.807) is 7.11 Å². The molecule has 184 valence electrons. The summed E-state index contributed by atoms with van der Waals surface area (Å²) in [7, 11) is 1.61. The molecule has 8 heteroatoms. The first kappa shape index (κ1) is 24.7. The molecule has 0 aliphatic carbocycles. The van der Waals surface area contributed by atoms with Crippen molar-refractivity contribution < 1.29 is 19.1 Å². The van der Waals surface area contributed by atoms with Gasteiger partial charge in [0.2, 0.25) is 11.8 Å². The van der Waals surface area contributed by atoms with Gasteiger partial charge in [-0.05, 0) is 38.0 Å². The van der Waals surface area contributed by atoms with Crippen molar-refractivity contribution in [1.82, 2.24) is 15.2 Å². The fraction of sp³-hybridized carbons (Fsp3) is 0.370. The third kappa shape index (κ3) is 7.05. The van der Waals surface area contributed by atoms with Crippen LogP contribution in [0.3, 0.4) is 0 Å². The molecule has 0 atom stereocenters.